The predicted molar refractivity (Wildman–Crippen MR) is 109 cm³/mol. The zero-order valence-corrected chi connectivity index (χ0v) is 16.7. The summed E-state index contributed by atoms with van der Waals surface area (Å²) in [4.78, 5) is 28.3. The Kier molecular flexibility index (Phi) is 5.94. The Morgan fingerprint density at radius 2 is 1.93 bits per heavy atom. The number of aryl methyl sites for hydroxylation is 1. The Balaban J connectivity index is 1.68. The molecule has 0 bridgehead atoms. The summed E-state index contributed by atoms with van der Waals surface area (Å²) in [5.74, 6) is 0.901. The zero-order chi connectivity index (χ0) is 20.3. The highest BCUT2D eigenvalue weighted by Gasteiger charge is 2.32. The first kappa shape index (κ1) is 19.8. The van der Waals surface area contributed by atoms with Crippen LogP contribution >= 0.6 is 11.6 Å². The smallest absolute Gasteiger partial charge is 0.325 e. The van der Waals surface area contributed by atoms with E-state index in [9.17, 15) is 9.59 Å². The summed E-state index contributed by atoms with van der Waals surface area (Å²) in [5, 5.41) is 3.35. The number of rotatable bonds is 6. The summed E-state index contributed by atoms with van der Waals surface area (Å²) in [5.41, 5.74) is 2.14. The lowest BCUT2D eigenvalue weighted by Gasteiger charge is -2.21. The highest BCUT2D eigenvalue weighted by Crippen LogP contribution is 2.34. The first-order valence-corrected chi connectivity index (χ1v) is 9.15. The van der Waals surface area contributed by atoms with Crippen LogP contribution in [0.5, 0.6) is 11.5 Å². The second-order valence-electron chi connectivity index (χ2n) is 6.41. The summed E-state index contributed by atoms with van der Waals surface area (Å²) < 4.78 is 10.6. The number of urea groups is 1. The minimum Gasteiger partial charge on any atom is -0.497 e. The molecule has 0 aromatic heterocycles. The van der Waals surface area contributed by atoms with E-state index in [2.05, 4.69) is 5.32 Å². The van der Waals surface area contributed by atoms with Gasteiger partial charge in [-0.25, -0.2) is 4.79 Å². The summed E-state index contributed by atoms with van der Waals surface area (Å²) >= 11 is 6.09. The summed E-state index contributed by atoms with van der Waals surface area (Å²) in [6.07, 6.45) is 0. The number of carbonyl (C=O) groups is 2. The first-order valence-electron chi connectivity index (χ1n) is 8.77. The van der Waals surface area contributed by atoms with Gasteiger partial charge in [-0.1, -0.05) is 17.7 Å². The van der Waals surface area contributed by atoms with Crippen molar-refractivity contribution in [3.63, 3.8) is 0 Å². The molecule has 148 valence electrons. The SMILES string of the molecule is COc1ccc(OC)c(N2CCN(CC(=O)Nc3ccc(C)c(Cl)c3)C2=O)c1. The molecule has 1 aliphatic rings. The van der Waals surface area contributed by atoms with Crippen LogP contribution in [0.25, 0.3) is 0 Å². The van der Waals surface area contributed by atoms with Crippen LogP contribution in [0.4, 0.5) is 16.2 Å². The van der Waals surface area contributed by atoms with Gasteiger partial charge in [0.2, 0.25) is 5.91 Å². The molecule has 1 aliphatic heterocycles. The van der Waals surface area contributed by atoms with E-state index in [0.717, 1.165) is 5.56 Å². The van der Waals surface area contributed by atoms with Crippen LogP contribution in [-0.2, 0) is 4.79 Å². The fourth-order valence-electron chi connectivity index (χ4n) is 3.01. The average molecular weight is 404 g/mol. The molecule has 7 nitrogen and oxygen atoms in total. The molecule has 0 unspecified atom stereocenters. The third-order valence-corrected chi connectivity index (χ3v) is 4.97. The minimum atomic E-state index is -0.285. The molecular formula is C20H22ClN3O4. The lowest BCUT2D eigenvalue weighted by atomic mass is 10.2. The summed E-state index contributed by atoms with van der Waals surface area (Å²) in [7, 11) is 3.11. The van der Waals surface area contributed by atoms with Crippen molar-refractivity contribution in [2.24, 2.45) is 0 Å². The Morgan fingerprint density at radius 1 is 1.14 bits per heavy atom. The van der Waals surface area contributed by atoms with Crippen LogP contribution < -0.4 is 19.7 Å². The van der Waals surface area contributed by atoms with E-state index in [1.54, 1.807) is 49.5 Å². The van der Waals surface area contributed by atoms with E-state index in [0.29, 0.717) is 41.0 Å². The van der Waals surface area contributed by atoms with E-state index in [-0.39, 0.29) is 18.5 Å². The van der Waals surface area contributed by atoms with Gasteiger partial charge >= 0.3 is 6.03 Å². The van der Waals surface area contributed by atoms with E-state index in [4.69, 9.17) is 21.1 Å². The van der Waals surface area contributed by atoms with E-state index in [1.807, 2.05) is 13.0 Å². The second-order valence-corrected chi connectivity index (χ2v) is 6.81. The highest BCUT2D eigenvalue weighted by molar-refractivity contribution is 6.31. The van der Waals surface area contributed by atoms with Crippen molar-refractivity contribution in [1.82, 2.24) is 4.90 Å². The summed E-state index contributed by atoms with van der Waals surface area (Å²) in [6, 6.07) is 10.3. The third kappa shape index (κ3) is 4.14. The van der Waals surface area contributed by atoms with Gasteiger partial charge in [0.15, 0.2) is 0 Å². The Morgan fingerprint density at radius 3 is 2.61 bits per heavy atom. The van der Waals surface area contributed by atoms with Gasteiger partial charge in [0.1, 0.15) is 18.0 Å². The molecule has 0 radical (unpaired) electrons. The standard InChI is InChI=1S/C20H22ClN3O4/c1-13-4-5-14(10-16(13)21)22-19(25)12-23-8-9-24(20(23)26)17-11-15(27-2)6-7-18(17)28-3/h4-7,10-11H,8-9,12H2,1-3H3,(H,22,25). The Labute approximate surface area is 168 Å². The van der Waals surface area contributed by atoms with Gasteiger partial charge in [-0.05, 0) is 36.8 Å². The van der Waals surface area contributed by atoms with Gasteiger partial charge in [-0.3, -0.25) is 9.69 Å². The third-order valence-electron chi connectivity index (χ3n) is 4.56. The van der Waals surface area contributed by atoms with Crippen molar-refractivity contribution >= 4 is 34.9 Å². The van der Waals surface area contributed by atoms with Crippen molar-refractivity contribution in [2.75, 3.05) is 44.1 Å². The first-order chi connectivity index (χ1) is 13.4. The lowest BCUT2D eigenvalue weighted by molar-refractivity contribution is -0.116. The van der Waals surface area contributed by atoms with Crippen molar-refractivity contribution in [3.8, 4) is 11.5 Å². The van der Waals surface area contributed by atoms with Gasteiger partial charge in [-0.2, -0.15) is 0 Å². The molecule has 0 aliphatic carbocycles. The van der Waals surface area contributed by atoms with Crippen LogP contribution in [0.1, 0.15) is 5.56 Å². The maximum atomic E-state index is 12.8. The predicted octanol–water partition coefficient (Wildman–Crippen LogP) is 3.55. The number of hydrogen-bond donors (Lipinski definition) is 1. The topological polar surface area (TPSA) is 71.1 Å². The molecule has 2 aromatic carbocycles. The van der Waals surface area contributed by atoms with Crippen LogP contribution in [-0.4, -0.2) is 50.7 Å². The Bertz CT molecular complexity index is 903. The molecule has 1 saturated heterocycles. The molecular weight excluding hydrogens is 382 g/mol. The van der Waals surface area contributed by atoms with Crippen molar-refractivity contribution in [1.29, 1.82) is 0 Å². The highest BCUT2D eigenvalue weighted by atomic mass is 35.5. The van der Waals surface area contributed by atoms with Crippen LogP contribution in [0.15, 0.2) is 36.4 Å². The molecule has 0 spiro atoms. The molecule has 28 heavy (non-hydrogen) atoms. The number of halogens is 1. The van der Waals surface area contributed by atoms with Crippen LogP contribution in [0, 0.1) is 6.92 Å². The lowest BCUT2D eigenvalue weighted by Crippen LogP contribution is -2.37. The molecule has 8 heteroatoms. The second kappa shape index (κ2) is 8.39. The number of hydrogen-bond acceptors (Lipinski definition) is 4. The van der Waals surface area contributed by atoms with E-state index in [1.165, 1.54) is 4.90 Å². The van der Waals surface area contributed by atoms with Crippen LogP contribution in [0.3, 0.4) is 0 Å². The van der Waals surface area contributed by atoms with E-state index < -0.39 is 0 Å². The molecule has 0 atom stereocenters. The number of nitrogens with one attached hydrogen (secondary N) is 1. The van der Waals surface area contributed by atoms with Gasteiger partial charge in [0.25, 0.3) is 0 Å². The molecule has 3 rings (SSSR count). The van der Waals surface area contributed by atoms with Crippen molar-refractivity contribution in [3.05, 3.63) is 47.0 Å². The maximum Gasteiger partial charge on any atom is 0.325 e. The fraction of sp³-hybridized carbons (Fsp3) is 0.300. The quantitative estimate of drug-likeness (QED) is 0.800. The van der Waals surface area contributed by atoms with Crippen LogP contribution in [0.2, 0.25) is 5.02 Å². The van der Waals surface area contributed by atoms with Crippen molar-refractivity contribution < 1.29 is 19.1 Å². The minimum absolute atomic E-state index is 0.0485. The molecule has 3 amide bonds. The van der Waals surface area contributed by atoms with Gasteiger partial charge in [0.05, 0.1) is 19.9 Å². The summed E-state index contributed by atoms with van der Waals surface area (Å²) in [6.45, 7) is 2.72. The monoisotopic (exact) mass is 403 g/mol. The van der Waals surface area contributed by atoms with Gasteiger partial charge in [-0.15, -0.1) is 0 Å². The normalized spacial score (nSPS) is 13.6. The Hall–Kier alpha value is -2.93. The number of methoxy groups -OCH3 is 2. The van der Waals surface area contributed by atoms with E-state index >= 15 is 0 Å². The largest absolute Gasteiger partial charge is 0.497 e. The molecule has 1 heterocycles. The number of amides is 3. The number of ether oxygens (including phenoxy) is 2. The zero-order valence-electron chi connectivity index (χ0n) is 16.0. The molecule has 1 N–H and O–H groups in total. The van der Waals surface area contributed by atoms with Gasteiger partial charge in [0, 0.05) is 29.9 Å². The van der Waals surface area contributed by atoms with Crippen molar-refractivity contribution in [2.45, 2.75) is 6.92 Å². The molecule has 0 saturated carbocycles. The van der Waals surface area contributed by atoms with Gasteiger partial charge < -0.3 is 19.7 Å². The number of benzene rings is 2. The molecule has 2 aromatic rings. The number of carbonyl (C=O) groups excluding carboxylic acids is 2. The molecule has 1 fully saturated rings. The maximum absolute atomic E-state index is 12.8. The average Bonchev–Trinajstić information content (AvgIpc) is 3.04. The number of nitrogens with zero attached hydrogens (tertiary/aromatic N) is 2. The number of anilines is 2. The fourth-order valence-corrected chi connectivity index (χ4v) is 3.19.